The summed E-state index contributed by atoms with van der Waals surface area (Å²) in [6.07, 6.45) is -0.674. The Morgan fingerprint density at radius 2 is 2.16 bits per heavy atom. The van der Waals surface area contributed by atoms with E-state index in [4.69, 9.17) is 14.0 Å². The van der Waals surface area contributed by atoms with Crippen LogP contribution in [0.5, 0.6) is 11.5 Å². The molecule has 2 aromatic heterocycles. The van der Waals surface area contributed by atoms with Crippen molar-refractivity contribution in [3.63, 3.8) is 0 Å². The first-order valence-corrected chi connectivity index (χ1v) is 8.48. The van der Waals surface area contributed by atoms with Gasteiger partial charge in [-0.15, -0.1) is 11.3 Å². The molecule has 1 atom stereocenters. The number of rotatable bonds is 7. The van der Waals surface area contributed by atoms with Crippen molar-refractivity contribution in [1.29, 1.82) is 0 Å². The Hall–Kier alpha value is -2.87. The van der Waals surface area contributed by atoms with Gasteiger partial charge in [0.25, 0.3) is 5.91 Å². The molecule has 8 heteroatoms. The summed E-state index contributed by atoms with van der Waals surface area (Å²) in [5.74, 6) is 1.79. The number of benzene rings is 1. The highest BCUT2D eigenvalue weighted by molar-refractivity contribution is 7.13. The van der Waals surface area contributed by atoms with Crippen molar-refractivity contribution in [2.24, 2.45) is 0 Å². The van der Waals surface area contributed by atoms with Gasteiger partial charge in [-0.2, -0.15) is 4.98 Å². The van der Waals surface area contributed by atoms with Crippen molar-refractivity contribution in [2.75, 3.05) is 7.11 Å². The minimum atomic E-state index is -0.674. The summed E-state index contributed by atoms with van der Waals surface area (Å²) >= 11 is 1.52. The molecule has 0 aliphatic carbocycles. The van der Waals surface area contributed by atoms with Gasteiger partial charge < -0.3 is 19.3 Å². The average Bonchev–Trinajstić information content (AvgIpc) is 3.31. The Kier molecular flexibility index (Phi) is 5.30. The second kappa shape index (κ2) is 7.80. The van der Waals surface area contributed by atoms with Crippen LogP contribution in [0, 0.1) is 0 Å². The van der Waals surface area contributed by atoms with Gasteiger partial charge in [0.05, 0.1) is 18.5 Å². The van der Waals surface area contributed by atoms with E-state index in [1.807, 2.05) is 17.5 Å². The first-order chi connectivity index (χ1) is 12.2. The first-order valence-electron chi connectivity index (χ1n) is 7.60. The van der Waals surface area contributed by atoms with E-state index in [2.05, 4.69) is 15.5 Å². The van der Waals surface area contributed by atoms with Gasteiger partial charge in [0.2, 0.25) is 11.7 Å². The van der Waals surface area contributed by atoms with Crippen LogP contribution >= 0.6 is 11.3 Å². The molecule has 3 rings (SSSR count). The van der Waals surface area contributed by atoms with Crippen molar-refractivity contribution in [2.45, 2.75) is 19.6 Å². The van der Waals surface area contributed by atoms with Crippen LogP contribution in [0.15, 0.2) is 46.3 Å². The van der Waals surface area contributed by atoms with Gasteiger partial charge in [-0.05, 0) is 30.5 Å². The number of hydrogen-bond acceptors (Lipinski definition) is 7. The molecule has 7 nitrogen and oxygen atoms in total. The molecular weight excluding hydrogens is 342 g/mol. The molecule has 0 spiro atoms. The summed E-state index contributed by atoms with van der Waals surface area (Å²) in [7, 11) is 1.57. The number of methoxy groups -OCH3 is 1. The number of carbonyl (C=O) groups excluding carboxylic acids is 1. The molecule has 3 aromatic rings. The number of thiophene rings is 1. The molecule has 0 saturated carbocycles. The van der Waals surface area contributed by atoms with Gasteiger partial charge in [0.1, 0.15) is 11.5 Å². The maximum absolute atomic E-state index is 12.2. The molecule has 130 valence electrons. The lowest BCUT2D eigenvalue weighted by Crippen LogP contribution is -2.36. The normalized spacial score (nSPS) is 11.8. The average molecular weight is 359 g/mol. The number of aromatic nitrogens is 2. The second-order valence-electron chi connectivity index (χ2n) is 5.15. The van der Waals surface area contributed by atoms with E-state index in [-0.39, 0.29) is 12.5 Å². The smallest absolute Gasteiger partial charge is 0.261 e. The minimum absolute atomic E-state index is 0.142. The monoisotopic (exact) mass is 359 g/mol. The summed E-state index contributed by atoms with van der Waals surface area (Å²) in [5, 5.41) is 8.55. The van der Waals surface area contributed by atoms with E-state index >= 15 is 0 Å². The van der Waals surface area contributed by atoms with Gasteiger partial charge in [-0.3, -0.25) is 4.79 Å². The molecule has 0 aliphatic heterocycles. The lowest BCUT2D eigenvalue weighted by Gasteiger charge is -2.14. The highest BCUT2D eigenvalue weighted by Gasteiger charge is 2.16. The molecular formula is C17H17N3O4S. The summed E-state index contributed by atoms with van der Waals surface area (Å²) in [4.78, 5) is 17.3. The van der Waals surface area contributed by atoms with Gasteiger partial charge in [0, 0.05) is 6.07 Å². The van der Waals surface area contributed by atoms with Crippen LogP contribution in [0.25, 0.3) is 10.7 Å². The molecule has 25 heavy (non-hydrogen) atoms. The number of hydrogen-bond donors (Lipinski definition) is 1. The number of nitrogens with one attached hydrogen (secondary N) is 1. The third kappa shape index (κ3) is 4.36. The zero-order valence-corrected chi connectivity index (χ0v) is 14.6. The van der Waals surface area contributed by atoms with Crippen molar-refractivity contribution in [1.82, 2.24) is 15.5 Å². The Labute approximate surface area is 148 Å². The molecule has 0 fully saturated rings. The predicted molar refractivity (Wildman–Crippen MR) is 92.5 cm³/mol. The zero-order chi connectivity index (χ0) is 17.6. The van der Waals surface area contributed by atoms with Crippen LogP contribution in [0.2, 0.25) is 0 Å². The van der Waals surface area contributed by atoms with Crippen molar-refractivity contribution in [3.8, 4) is 22.2 Å². The van der Waals surface area contributed by atoms with Crippen molar-refractivity contribution < 1.29 is 18.8 Å². The molecule has 1 aromatic carbocycles. The van der Waals surface area contributed by atoms with Gasteiger partial charge in [-0.1, -0.05) is 17.3 Å². The quantitative estimate of drug-likeness (QED) is 0.698. The van der Waals surface area contributed by atoms with E-state index in [1.165, 1.54) is 11.3 Å². The number of nitrogens with zero attached hydrogens (tertiary/aromatic N) is 2. The SMILES string of the molecule is COc1cccc(O[C@H](C)C(=O)NCc2nc(-c3cccs3)no2)c1. The van der Waals surface area contributed by atoms with Crippen LogP contribution in [0.1, 0.15) is 12.8 Å². The molecule has 0 aliphatic rings. The van der Waals surface area contributed by atoms with Crippen LogP contribution in [-0.2, 0) is 11.3 Å². The minimum Gasteiger partial charge on any atom is -0.497 e. The summed E-state index contributed by atoms with van der Waals surface area (Å²) in [6.45, 7) is 1.81. The molecule has 0 saturated heterocycles. The number of carbonyl (C=O) groups is 1. The highest BCUT2D eigenvalue weighted by Crippen LogP contribution is 2.21. The lowest BCUT2D eigenvalue weighted by molar-refractivity contribution is -0.127. The van der Waals surface area contributed by atoms with Crippen molar-refractivity contribution >= 4 is 17.2 Å². The van der Waals surface area contributed by atoms with Crippen LogP contribution in [-0.4, -0.2) is 29.3 Å². The first kappa shape index (κ1) is 17.0. The van der Waals surface area contributed by atoms with E-state index < -0.39 is 6.10 Å². The van der Waals surface area contributed by atoms with Gasteiger partial charge in [0.15, 0.2) is 6.10 Å². The highest BCUT2D eigenvalue weighted by atomic mass is 32.1. The number of amides is 1. The molecule has 1 N–H and O–H groups in total. The molecule has 0 radical (unpaired) electrons. The van der Waals surface area contributed by atoms with Crippen molar-refractivity contribution in [3.05, 3.63) is 47.7 Å². The lowest BCUT2D eigenvalue weighted by atomic mass is 10.3. The Balaban J connectivity index is 1.53. The summed E-state index contributed by atoms with van der Waals surface area (Å²) in [6, 6.07) is 10.9. The fraction of sp³-hybridized carbons (Fsp3) is 0.235. The maximum Gasteiger partial charge on any atom is 0.261 e. The predicted octanol–water partition coefficient (Wildman–Crippen LogP) is 2.89. The van der Waals surface area contributed by atoms with Gasteiger partial charge >= 0.3 is 0 Å². The van der Waals surface area contributed by atoms with Crippen LogP contribution < -0.4 is 14.8 Å². The zero-order valence-electron chi connectivity index (χ0n) is 13.8. The third-order valence-corrected chi connectivity index (χ3v) is 4.21. The largest absolute Gasteiger partial charge is 0.497 e. The number of ether oxygens (including phenoxy) is 2. The van der Waals surface area contributed by atoms with E-state index in [0.717, 1.165) is 4.88 Å². The topological polar surface area (TPSA) is 86.5 Å². The fourth-order valence-electron chi connectivity index (χ4n) is 2.07. The van der Waals surface area contributed by atoms with E-state index in [0.29, 0.717) is 23.2 Å². The van der Waals surface area contributed by atoms with E-state index in [9.17, 15) is 4.79 Å². The van der Waals surface area contributed by atoms with Crippen LogP contribution in [0.4, 0.5) is 0 Å². The Morgan fingerprint density at radius 1 is 1.32 bits per heavy atom. The molecule has 0 bridgehead atoms. The molecule has 2 heterocycles. The van der Waals surface area contributed by atoms with Crippen LogP contribution in [0.3, 0.4) is 0 Å². The Bertz CT molecular complexity index is 832. The fourth-order valence-corrected chi connectivity index (χ4v) is 2.72. The maximum atomic E-state index is 12.2. The third-order valence-electron chi connectivity index (χ3n) is 3.35. The molecule has 1 amide bonds. The van der Waals surface area contributed by atoms with E-state index in [1.54, 1.807) is 38.3 Å². The summed E-state index contributed by atoms with van der Waals surface area (Å²) in [5.41, 5.74) is 0. The Morgan fingerprint density at radius 3 is 2.92 bits per heavy atom. The summed E-state index contributed by atoms with van der Waals surface area (Å²) < 4.78 is 15.9. The second-order valence-corrected chi connectivity index (χ2v) is 6.09. The molecule has 0 unspecified atom stereocenters. The van der Waals surface area contributed by atoms with Gasteiger partial charge in [-0.25, -0.2) is 0 Å². The standard InChI is InChI=1S/C17H17N3O4S/c1-11(23-13-6-3-5-12(9-13)22-2)17(21)18-10-15-19-16(20-24-15)14-7-4-8-25-14/h3-9,11H,10H2,1-2H3,(H,18,21)/t11-/m1/s1.